The van der Waals surface area contributed by atoms with E-state index in [0.717, 1.165) is 12.8 Å². The van der Waals surface area contributed by atoms with E-state index < -0.39 is 0 Å². The van der Waals surface area contributed by atoms with Crippen LogP contribution in [0.25, 0.3) is 0 Å². The predicted octanol–water partition coefficient (Wildman–Crippen LogP) is 9.48. The summed E-state index contributed by atoms with van der Waals surface area (Å²) >= 11 is 0. The molecular formula is C31H47NO3. The van der Waals surface area contributed by atoms with Crippen LogP contribution in [0.3, 0.4) is 0 Å². The number of nitrogens with two attached hydrogens (primary N) is 1. The van der Waals surface area contributed by atoms with E-state index >= 15 is 0 Å². The van der Waals surface area contributed by atoms with E-state index in [0.29, 0.717) is 29.4 Å². The molecule has 0 radical (unpaired) electrons. The Morgan fingerprint density at radius 1 is 0.686 bits per heavy atom. The lowest BCUT2D eigenvalue weighted by Gasteiger charge is -2.10. The highest BCUT2D eigenvalue weighted by Crippen LogP contribution is 2.28. The molecule has 0 fully saturated rings. The summed E-state index contributed by atoms with van der Waals surface area (Å²) in [5, 5.41) is 0. The molecule has 0 heterocycles. The first-order valence-electron chi connectivity index (χ1n) is 14.0. The summed E-state index contributed by atoms with van der Waals surface area (Å²) < 4.78 is 11.2. The molecule has 0 saturated heterocycles. The molecule has 0 aromatic heterocycles. The Morgan fingerprint density at radius 2 is 1.20 bits per heavy atom. The number of para-hydroxylation sites is 1. The predicted molar refractivity (Wildman–Crippen MR) is 147 cm³/mol. The third kappa shape index (κ3) is 13.2. The highest BCUT2D eigenvalue weighted by atomic mass is 16.5. The third-order valence-electron chi connectivity index (χ3n) is 6.45. The van der Waals surface area contributed by atoms with Gasteiger partial charge in [-0.25, -0.2) is 4.79 Å². The summed E-state index contributed by atoms with van der Waals surface area (Å²) in [6.07, 6.45) is 21.3. The zero-order valence-electron chi connectivity index (χ0n) is 21.9. The van der Waals surface area contributed by atoms with Crippen LogP contribution in [0.2, 0.25) is 0 Å². The van der Waals surface area contributed by atoms with Crippen molar-refractivity contribution in [1.29, 1.82) is 0 Å². The van der Waals surface area contributed by atoms with Gasteiger partial charge in [0.25, 0.3) is 0 Å². The van der Waals surface area contributed by atoms with Crippen LogP contribution >= 0.6 is 0 Å². The molecule has 2 aromatic rings. The van der Waals surface area contributed by atoms with Crippen molar-refractivity contribution in [3.05, 3.63) is 54.1 Å². The molecule has 2 aromatic carbocycles. The van der Waals surface area contributed by atoms with Gasteiger partial charge in [0.05, 0.1) is 17.9 Å². The lowest BCUT2D eigenvalue weighted by Crippen LogP contribution is -2.07. The monoisotopic (exact) mass is 481 g/mol. The molecule has 4 heteroatoms. The van der Waals surface area contributed by atoms with E-state index in [9.17, 15) is 4.79 Å². The molecule has 0 unspecified atom stereocenters. The van der Waals surface area contributed by atoms with E-state index in [1.54, 1.807) is 18.2 Å². The smallest absolute Gasteiger partial charge is 0.338 e. The van der Waals surface area contributed by atoms with Gasteiger partial charge < -0.3 is 15.2 Å². The molecule has 35 heavy (non-hydrogen) atoms. The number of carbonyl (C=O) groups excluding carboxylic acids is 1. The summed E-state index contributed by atoms with van der Waals surface area (Å²) in [5.41, 5.74) is 6.95. The van der Waals surface area contributed by atoms with Gasteiger partial charge in [-0.3, -0.25) is 0 Å². The van der Waals surface area contributed by atoms with Crippen molar-refractivity contribution in [3.63, 3.8) is 0 Å². The Hall–Kier alpha value is -2.49. The van der Waals surface area contributed by atoms with Crippen molar-refractivity contribution in [2.24, 2.45) is 0 Å². The molecule has 0 aliphatic carbocycles. The second kappa shape index (κ2) is 18.8. The molecule has 0 aliphatic heterocycles. The minimum atomic E-state index is -0.330. The van der Waals surface area contributed by atoms with Crippen LogP contribution in [-0.4, -0.2) is 12.6 Å². The fraction of sp³-hybridized carbons (Fsp3) is 0.581. The number of esters is 1. The zero-order chi connectivity index (χ0) is 25.0. The van der Waals surface area contributed by atoms with Gasteiger partial charge in [0.15, 0.2) is 0 Å². The number of carbonyl (C=O) groups is 1. The first-order valence-corrected chi connectivity index (χ1v) is 14.0. The summed E-state index contributed by atoms with van der Waals surface area (Å²) in [6.45, 7) is 2.74. The van der Waals surface area contributed by atoms with Crippen LogP contribution in [0.15, 0.2) is 48.5 Å². The number of hydrogen-bond acceptors (Lipinski definition) is 4. The van der Waals surface area contributed by atoms with Crippen molar-refractivity contribution in [3.8, 4) is 11.5 Å². The Balaban J connectivity index is 1.43. The second-order valence-electron chi connectivity index (χ2n) is 9.61. The van der Waals surface area contributed by atoms with E-state index in [2.05, 4.69) is 6.92 Å². The lowest BCUT2D eigenvalue weighted by molar-refractivity contribution is 0.0497. The van der Waals surface area contributed by atoms with Crippen molar-refractivity contribution < 1.29 is 14.3 Å². The van der Waals surface area contributed by atoms with Gasteiger partial charge in [-0.05, 0) is 36.8 Å². The molecular weight excluding hydrogens is 434 g/mol. The average molecular weight is 482 g/mol. The van der Waals surface area contributed by atoms with Gasteiger partial charge in [0, 0.05) is 0 Å². The van der Waals surface area contributed by atoms with Crippen LogP contribution < -0.4 is 10.5 Å². The van der Waals surface area contributed by atoms with Crippen molar-refractivity contribution >= 4 is 11.7 Å². The Kier molecular flexibility index (Phi) is 15.4. The minimum absolute atomic E-state index is 0.330. The van der Waals surface area contributed by atoms with Crippen LogP contribution in [-0.2, 0) is 4.74 Å². The van der Waals surface area contributed by atoms with Crippen LogP contribution in [0, 0.1) is 0 Å². The SMILES string of the molecule is CCCCCCCCCCCCCCCCCCOC(=O)c1ccc(Oc2ccccc2)c(N)c1. The number of unbranched alkanes of at least 4 members (excludes halogenated alkanes) is 15. The number of benzene rings is 2. The molecule has 2 N–H and O–H groups in total. The first kappa shape index (κ1) is 28.7. The Morgan fingerprint density at radius 3 is 1.71 bits per heavy atom. The third-order valence-corrected chi connectivity index (χ3v) is 6.45. The molecule has 0 saturated carbocycles. The largest absolute Gasteiger partial charge is 0.462 e. The highest BCUT2D eigenvalue weighted by Gasteiger charge is 2.11. The first-order chi connectivity index (χ1) is 17.2. The maximum absolute atomic E-state index is 12.3. The van der Waals surface area contributed by atoms with Crippen LogP contribution in [0.4, 0.5) is 5.69 Å². The lowest BCUT2D eigenvalue weighted by atomic mass is 10.0. The number of anilines is 1. The van der Waals surface area contributed by atoms with Gasteiger partial charge >= 0.3 is 5.97 Å². The van der Waals surface area contributed by atoms with Gasteiger partial charge in [0.1, 0.15) is 11.5 Å². The molecule has 2 rings (SSSR count). The van der Waals surface area contributed by atoms with Crippen molar-refractivity contribution in [2.75, 3.05) is 12.3 Å². The van der Waals surface area contributed by atoms with Crippen LogP contribution in [0.5, 0.6) is 11.5 Å². The Labute approximate surface area is 213 Å². The summed E-state index contributed by atoms with van der Waals surface area (Å²) in [5.74, 6) is 0.910. The van der Waals surface area contributed by atoms with E-state index in [4.69, 9.17) is 15.2 Å². The number of ether oxygens (including phenoxy) is 2. The maximum Gasteiger partial charge on any atom is 0.338 e. The topological polar surface area (TPSA) is 61.5 Å². The molecule has 0 aliphatic rings. The number of hydrogen-bond donors (Lipinski definition) is 1. The molecule has 194 valence electrons. The Bertz CT molecular complexity index is 806. The zero-order valence-corrected chi connectivity index (χ0v) is 21.9. The van der Waals surface area contributed by atoms with Crippen molar-refractivity contribution in [1.82, 2.24) is 0 Å². The standard InChI is InChI=1S/C31H47NO3/c1-2-3-4-5-6-7-8-9-10-11-12-13-14-15-16-20-25-34-31(33)27-23-24-30(29(32)26-27)35-28-21-18-17-19-22-28/h17-19,21-24,26H,2-16,20,25,32H2,1H3. The van der Waals surface area contributed by atoms with Gasteiger partial charge in [-0.2, -0.15) is 0 Å². The summed E-state index contributed by atoms with van der Waals surface area (Å²) in [6, 6.07) is 14.5. The highest BCUT2D eigenvalue weighted by molar-refractivity contribution is 5.91. The summed E-state index contributed by atoms with van der Waals surface area (Å²) in [4.78, 5) is 12.3. The summed E-state index contributed by atoms with van der Waals surface area (Å²) in [7, 11) is 0. The van der Waals surface area contributed by atoms with Gasteiger partial charge in [-0.15, -0.1) is 0 Å². The molecule has 0 atom stereocenters. The quantitative estimate of drug-likeness (QED) is 0.116. The fourth-order valence-corrected chi connectivity index (χ4v) is 4.28. The fourth-order valence-electron chi connectivity index (χ4n) is 4.28. The minimum Gasteiger partial charge on any atom is -0.462 e. The second-order valence-corrected chi connectivity index (χ2v) is 9.61. The number of nitrogen functional groups attached to an aromatic ring is 1. The molecule has 0 spiro atoms. The molecule has 0 amide bonds. The van der Waals surface area contributed by atoms with E-state index in [-0.39, 0.29) is 5.97 Å². The normalized spacial score (nSPS) is 10.9. The van der Waals surface area contributed by atoms with E-state index in [1.807, 2.05) is 30.3 Å². The average Bonchev–Trinajstić information content (AvgIpc) is 2.87. The van der Waals surface area contributed by atoms with Crippen molar-refractivity contribution in [2.45, 2.75) is 110 Å². The number of rotatable bonds is 20. The van der Waals surface area contributed by atoms with Gasteiger partial charge in [-0.1, -0.05) is 121 Å². The maximum atomic E-state index is 12.3. The van der Waals surface area contributed by atoms with Crippen LogP contribution in [0.1, 0.15) is 120 Å². The van der Waals surface area contributed by atoms with E-state index in [1.165, 1.54) is 89.9 Å². The molecule has 4 nitrogen and oxygen atoms in total. The molecule has 0 bridgehead atoms. The van der Waals surface area contributed by atoms with Gasteiger partial charge in [0.2, 0.25) is 0 Å².